The van der Waals surface area contributed by atoms with Gasteiger partial charge in [-0.25, -0.2) is 4.79 Å². The molecule has 0 radical (unpaired) electrons. The molecule has 0 fully saturated rings. The Kier molecular flexibility index (Phi) is 4.47. The van der Waals surface area contributed by atoms with Gasteiger partial charge in [-0.1, -0.05) is 6.07 Å². The van der Waals surface area contributed by atoms with E-state index in [0.717, 1.165) is 12.1 Å². The molecular formula is C14H18N4O2. The van der Waals surface area contributed by atoms with Crippen molar-refractivity contribution in [1.82, 2.24) is 19.4 Å². The quantitative estimate of drug-likeness (QED) is 0.855. The van der Waals surface area contributed by atoms with Gasteiger partial charge in [0.05, 0.1) is 0 Å². The smallest absolute Gasteiger partial charge is 0.311 e. The first-order chi connectivity index (χ1) is 9.56. The first-order valence-corrected chi connectivity index (χ1v) is 6.44. The van der Waals surface area contributed by atoms with Crippen molar-refractivity contribution >= 4 is 0 Å². The van der Waals surface area contributed by atoms with Crippen LogP contribution in [0, 0.1) is 6.92 Å². The fourth-order valence-corrected chi connectivity index (χ4v) is 2.00. The van der Waals surface area contributed by atoms with Crippen LogP contribution in [-0.2, 0) is 13.1 Å². The predicted octanol–water partition coefficient (Wildman–Crippen LogP) is 0.372. The summed E-state index contributed by atoms with van der Waals surface area (Å²) in [6, 6.07) is 5.31. The van der Waals surface area contributed by atoms with E-state index >= 15 is 0 Å². The van der Waals surface area contributed by atoms with Crippen molar-refractivity contribution in [3.05, 3.63) is 62.7 Å². The van der Waals surface area contributed by atoms with E-state index in [1.807, 2.05) is 24.1 Å². The minimum absolute atomic E-state index is 0.263. The second kappa shape index (κ2) is 6.29. The zero-order chi connectivity index (χ0) is 14.5. The highest BCUT2D eigenvalue weighted by Crippen LogP contribution is 2.00. The Bertz CT molecular complexity index is 644. The summed E-state index contributed by atoms with van der Waals surface area (Å²) in [4.78, 5) is 32.2. The predicted molar refractivity (Wildman–Crippen MR) is 76.6 cm³/mol. The van der Waals surface area contributed by atoms with E-state index in [1.165, 1.54) is 10.6 Å². The fourth-order valence-electron chi connectivity index (χ4n) is 2.00. The fraction of sp³-hybridized carbons (Fsp3) is 0.357. The lowest BCUT2D eigenvalue weighted by molar-refractivity contribution is 0.307. The zero-order valence-electron chi connectivity index (χ0n) is 11.7. The largest absolute Gasteiger partial charge is 0.328 e. The van der Waals surface area contributed by atoms with Crippen molar-refractivity contribution < 1.29 is 0 Å². The van der Waals surface area contributed by atoms with E-state index in [0.29, 0.717) is 18.8 Å². The Hall–Kier alpha value is -2.21. The Morgan fingerprint density at radius 2 is 2.20 bits per heavy atom. The lowest BCUT2D eigenvalue weighted by atomic mass is 10.3. The van der Waals surface area contributed by atoms with Gasteiger partial charge in [0.2, 0.25) is 0 Å². The van der Waals surface area contributed by atoms with Gasteiger partial charge in [0.25, 0.3) is 5.56 Å². The Labute approximate surface area is 116 Å². The molecule has 0 unspecified atom stereocenters. The van der Waals surface area contributed by atoms with Crippen molar-refractivity contribution in [2.24, 2.45) is 0 Å². The molecule has 2 heterocycles. The summed E-state index contributed by atoms with van der Waals surface area (Å²) in [7, 11) is 1.94. The maximum absolute atomic E-state index is 11.7. The van der Waals surface area contributed by atoms with Gasteiger partial charge in [-0.3, -0.25) is 14.3 Å². The molecule has 0 bridgehead atoms. The van der Waals surface area contributed by atoms with Crippen LogP contribution < -0.4 is 11.2 Å². The van der Waals surface area contributed by atoms with Gasteiger partial charge in [-0.2, -0.15) is 0 Å². The molecule has 20 heavy (non-hydrogen) atoms. The van der Waals surface area contributed by atoms with E-state index in [1.54, 1.807) is 19.3 Å². The number of nitrogens with one attached hydrogen (secondary N) is 1. The second-order valence-corrected chi connectivity index (χ2v) is 4.85. The monoisotopic (exact) mass is 274 g/mol. The third kappa shape index (κ3) is 3.64. The third-order valence-electron chi connectivity index (χ3n) is 3.04. The van der Waals surface area contributed by atoms with Crippen LogP contribution >= 0.6 is 0 Å². The molecule has 0 amide bonds. The molecular weight excluding hydrogens is 256 g/mol. The third-order valence-corrected chi connectivity index (χ3v) is 3.04. The summed E-state index contributed by atoms with van der Waals surface area (Å²) >= 11 is 0. The number of aromatic nitrogens is 3. The summed E-state index contributed by atoms with van der Waals surface area (Å²) in [6.45, 7) is 3.40. The van der Waals surface area contributed by atoms with Gasteiger partial charge in [-0.05, 0) is 25.6 Å². The number of aryl methyl sites for hydroxylation is 1. The molecule has 6 nitrogen and oxygen atoms in total. The zero-order valence-corrected chi connectivity index (χ0v) is 11.7. The molecule has 0 aliphatic carbocycles. The molecule has 2 rings (SSSR count). The van der Waals surface area contributed by atoms with E-state index in [-0.39, 0.29) is 11.2 Å². The van der Waals surface area contributed by atoms with Crippen molar-refractivity contribution in [1.29, 1.82) is 0 Å². The molecule has 2 aromatic rings. The van der Waals surface area contributed by atoms with Gasteiger partial charge in [-0.15, -0.1) is 0 Å². The van der Waals surface area contributed by atoms with E-state index in [9.17, 15) is 9.59 Å². The minimum atomic E-state index is -0.357. The number of nitrogens with zero attached hydrogens (tertiary/aromatic N) is 3. The Morgan fingerprint density at radius 1 is 1.40 bits per heavy atom. The van der Waals surface area contributed by atoms with Crippen LogP contribution in [0.3, 0.4) is 0 Å². The molecule has 6 heteroatoms. The number of H-pyrrole nitrogens is 1. The molecule has 0 saturated carbocycles. The van der Waals surface area contributed by atoms with Crippen LogP contribution in [0.1, 0.15) is 11.3 Å². The molecule has 0 aliphatic rings. The summed E-state index contributed by atoms with van der Waals surface area (Å²) in [5, 5.41) is 0. The van der Waals surface area contributed by atoms with E-state index < -0.39 is 0 Å². The molecule has 0 atom stereocenters. The number of hydrogen-bond donors (Lipinski definition) is 1. The highest BCUT2D eigenvalue weighted by molar-refractivity contribution is 5.07. The number of aromatic amines is 1. The molecule has 0 aliphatic heterocycles. The van der Waals surface area contributed by atoms with Gasteiger partial charge in [0.15, 0.2) is 0 Å². The number of rotatable bonds is 5. The summed E-state index contributed by atoms with van der Waals surface area (Å²) < 4.78 is 1.22. The van der Waals surface area contributed by atoms with Crippen LogP contribution in [0.5, 0.6) is 0 Å². The molecule has 0 saturated heterocycles. The van der Waals surface area contributed by atoms with Crippen molar-refractivity contribution in [2.45, 2.75) is 20.0 Å². The second-order valence-electron chi connectivity index (χ2n) is 4.85. The van der Waals surface area contributed by atoms with E-state index in [4.69, 9.17) is 0 Å². The summed E-state index contributed by atoms with van der Waals surface area (Å²) in [6.07, 6.45) is 3.54. The lowest BCUT2D eigenvalue weighted by Gasteiger charge is -2.16. The number of hydrogen-bond acceptors (Lipinski definition) is 4. The maximum Gasteiger partial charge on any atom is 0.328 e. The van der Waals surface area contributed by atoms with Crippen LogP contribution in [-0.4, -0.2) is 33.0 Å². The Morgan fingerprint density at radius 3 is 2.85 bits per heavy atom. The van der Waals surface area contributed by atoms with Gasteiger partial charge in [0, 0.05) is 43.8 Å². The minimum Gasteiger partial charge on any atom is -0.311 e. The normalized spacial score (nSPS) is 10.9. The number of likely N-dealkylation sites (N-methyl/N-ethyl adjacent to an activating group) is 1. The standard InChI is InChI=1S/C14H18N4O2/c1-11-8-13(19)18(14(20)16-11)7-6-17(2)10-12-4-3-5-15-9-12/h3-5,8-9H,6-7,10H2,1-2H3,(H,16,20). The molecule has 0 spiro atoms. The van der Waals surface area contributed by atoms with Crippen LogP contribution in [0.4, 0.5) is 0 Å². The summed E-state index contributed by atoms with van der Waals surface area (Å²) in [5.74, 6) is 0. The first-order valence-electron chi connectivity index (χ1n) is 6.44. The summed E-state index contributed by atoms with van der Waals surface area (Å²) in [5.41, 5.74) is 1.06. The average Bonchev–Trinajstić information content (AvgIpc) is 2.38. The first kappa shape index (κ1) is 14.2. The molecule has 106 valence electrons. The highest BCUT2D eigenvalue weighted by atomic mass is 16.2. The van der Waals surface area contributed by atoms with Crippen molar-refractivity contribution in [3.8, 4) is 0 Å². The van der Waals surface area contributed by atoms with Crippen molar-refractivity contribution in [2.75, 3.05) is 13.6 Å². The SMILES string of the molecule is Cc1cc(=O)n(CCN(C)Cc2cccnc2)c(=O)[nH]1. The van der Waals surface area contributed by atoms with Gasteiger partial charge in [0.1, 0.15) is 0 Å². The number of pyridine rings is 1. The lowest BCUT2D eigenvalue weighted by Crippen LogP contribution is -2.38. The molecule has 1 N–H and O–H groups in total. The van der Waals surface area contributed by atoms with E-state index in [2.05, 4.69) is 9.97 Å². The molecule has 2 aromatic heterocycles. The topological polar surface area (TPSA) is 71.0 Å². The van der Waals surface area contributed by atoms with Crippen molar-refractivity contribution in [3.63, 3.8) is 0 Å². The highest BCUT2D eigenvalue weighted by Gasteiger charge is 2.05. The van der Waals surface area contributed by atoms with Crippen LogP contribution in [0.2, 0.25) is 0 Å². The van der Waals surface area contributed by atoms with Gasteiger partial charge < -0.3 is 9.88 Å². The Balaban J connectivity index is 1.99. The average molecular weight is 274 g/mol. The maximum atomic E-state index is 11.7. The van der Waals surface area contributed by atoms with Crippen LogP contribution in [0.15, 0.2) is 40.2 Å². The van der Waals surface area contributed by atoms with Crippen LogP contribution in [0.25, 0.3) is 0 Å². The molecule has 0 aromatic carbocycles. The van der Waals surface area contributed by atoms with Gasteiger partial charge >= 0.3 is 5.69 Å².